The number of sulfonamides is 1. The Balaban J connectivity index is 1.53. The molecule has 0 spiro atoms. The normalized spacial score (nSPS) is 16.9. The van der Waals surface area contributed by atoms with Crippen LogP contribution in [-0.2, 0) is 14.8 Å². The topological polar surface area (TPSA) is 94.2 Å². The summed E-state index contributed by atoms with van der Waals surface area (Å²) in [6.45, 7) is 1.51. The molecule has 2 aliphatic heterocycles. The summed E-state index contributed by atoms with van der Waals surface area (Å²) < 4.78 is 42.6. The van der Waals surface area contributed by atoms with Crippen LogP contribution in [0.25, 0.3) is 0 Å². The molecular formula is C18H18N2O6S. The molecule has 9 heteroatoms. The first-order valence-electron chi connectivity index (χ1n) is 8.43. The largest absolute Gasteiger partial charge is 0.454 e. The van der Waals surface area contributed by atoms with Crippen LogP contribution in [0, 0.1) is 0 Å². The van der Waals surface area contributed by atoms with Crippen molar-refractivity contribution in [3.63, 3.8) is 0 Å². The molecule has 2 aromatic carbocycles. The summed E-state index contributed by atoms with van der Waals surface area (Å²) in [5, 5.41) is 2.72. The highest BCUT2D eigenvalue weighted by atomic mass is 32.2. The zero-order valence-corrected chi connectivity index (χ0v) is 15.2. The molecule has 1 fully saturated rings. The van der Waals surface area contributed by atoms with E-state index >= 15 is 0 Å². The molecule has 0 unspecified atom stereocenters. The molecular weight excluding hydrogens is 372 g/mol. The lowest BCUT2D eigenvalue weighted by Gasteiger charge is -2.26. The minimum atomic E-state index is -3.63. The zero-order valence-electron chi connectivity index (χ0n) is 14.4. The maximum absolute atomic E-state index is 12.8. The van der Waals surface area contributed by atoms with Crippen LogP contribution in [0.15, 0.2) is 47.4 Å². The van der Waals surface area contributed by atoms with E-state index in [9.17, 15) is 13.2 Å². The number of hydrogen-bond acceptors (Lipinski definition) is 6. The summed E-state index contributed by atoms with van der Waals surface area (Å²) in [5.74, 6) is 0.727. The Morgan fingerprint density at radius 3 is 2.59 bits per heavy atom. The maximum Gasteiger partial charge on any atom is 0.255 e. The van der Waals surface area contributed by atoms with E-state index in [1.54, 1.807) is 30.3 Å². The van der Waals surface area contributed by atoms with Gasteiger partial charge >= 0.3 is 0 Å². The molecule has 2 heterocycles. The number of anilines is 1. The second-order valence-corrected chi connectivity index (χ2v) is 8.00. The third-order valence-corrected chi connectivity index (χ3v) is 6.23. The number of carbonyl (C=O) groups excluding carboxylic acids is 1. The van der Waals surface area contributed by atoms with Crippen molar-refractivity contribution in [3.8, 4) is 11.5 Å². The van der Waals surface area contributed by atoms with E-state index in [1.807, 2.05) is 0 Å². The summed E-state index contributed by atoms with van der Waals surface area (Å²) in [6, 6.07) is 11.1. The minimum Gasteiger partial charge on any atom is -0.454 e. The fourth-order valence-corrected chi connectivity index (χ4v) is 4.37. The summed E-state index contributed by atoms with van der Waals surface area (Å²) in [7, 11) is -3.63. The average Bonchev–Trinajstić information content (AvgIpc) is 3.16. The van der Waals surface area contributed by atoms with Gasteiger partial charge in [0.05, 0.1) is 18.1 Å². The Labute approximate surface area is 156 Å². The highest BCUT2D eigenvalue weighted by Crippen LogP contribution is 2.32. The first kappa shape index (κ1) is 17.8. The number of benzene rings is 2. The summed E-state index contributed by atoms with van der Waals surface area (Å²) >= 11 is 0. The molecule has 0 aliphatic carbocycles. The van der Waals surface area contributed by atoms with Crippen LogP contribution in [0.3, 0.4) is 0 Å². The van der Waals surface area contributed by atoms with Crippen molar-refractivity contribution in [3.05, 3.63) is 48.0 Å². The van der Waals surface area contributed by atoms with Crippen molar-refractivity contribution in [2.75, 3.05) is 38.4 Å². The van der Waals surface area contributed by atoms with Crippen LogP contribution in [0.4, 0.5) is 5.69 Å². The number of fused-ring (bicyclic) bond motifs is 1. The van der Waals surface area contributed by atoms with E-state index in [0.717, 1.165) is 0 Å². The predicted octanol–water partition coefficient (Wildman–Crippen LogP) is 1.69. The Morgan fingerprint density at radius 1 is 1.00 bits per heavy atom. The van der Waals surface area contributed by atoms with E-state index in [-0.39, 0.29) is 17.6 Å². The molecule has 0 atom stereocenters. The van der Waals surface area contributed by atoms with Gasteiger partial charge in [-0.15, -0.1) is 0 Å². The fourth-order valence-electron chi connectivity index (χ4n) is 2.91. The molecule has 27 heavy (non-hydrogen) atoms. The number of nitrogens with one attached hydrogen (secondary N) is 1. The van der Waals surface area contributed by atoms with E-state index in [0.29, 0.717) is 49.1 Å². The maximum atomic E-state index is 12.8. The number of hydrogen-bond donors (Lipinski definition) is 1. The first-order valence-corrected chi connectivity index (χ1v) is 9.87. The van der Waals surface area contributed by atoms with Crippen molar-refractivity contribution < 1.29 is 27.4 Å². The van der Waals surface area contributed by atoms with Crippen molar-refractivity contribution >= 4 is 21.6 Å². The standard InChI is InChI=1S/C18H18N2O6S/c21-18(13-4-5-16-17(10-13)26-12-25-16)19-14-2-1-3-15(11-14)27(22,23)20-6-8-24-9-7-20/h1-5,10-11H,6-9,12H2,(H,19,21). The molecule has 2 aliphatic rings. The van der Waals surface area contributed by atoms with Gasteiger partial charge in [0, 0.05) is 24.3 Å². The quantitative estimate of drug-likeness (QED) is 0.854. The van der Waals surface area contributed by atoms with Crippen molar-refractivity contribution in [2.45, 2.75) is 4.90 Å². The number of carbonyl (C=O) groups is 1. The smallest absolute Gasteiger partial charge is 0.255 e. The molecule has 0 aromatic heterocycles. The van der Waals surface area contributed by atoms with Crippen LogP contribution in [0.5, 0.6) is 11.5 Å². The summed E-state index contributed by atoms with van der Waals surface area (Å²) in [5.41, 5.74) is 0.785. The molecule has 142 valence electrons. The predicted molar refractivity (Wildman–Crippen MR) is 96.5 cm³/mol. The van der Waals surface area contributed by atoms with Crippen molar-refractivity contribution in [2.24, 2.45) is 0 Å². The monoisotopic (exact) mass is 390 g/mol. The summed E-state index contributed by atoms with van der Waals surface area (Å²) in [4.78, 5) is 12.6. The number of morpholine rings is 1. The minimum absolute atomic E-state index is 0.127. The number of ether oxygens (including phenoxy) is 3. The molecule has 0 saturated carbocycles. The van der Waals surface area contributed by atoms with Crippen LogP contribution >= 0.6 is 0 Å². The average molecular weight is 390 g/mol. The third-order valence-electron chi connectivity index (χ3n) is 4.33. The molecule has 0 radical (unpaired) electrons. The number of amides is 1. The molecule has 1 saturated heterocycles. The summed E-state index contributed by atoms with van der Waals surface area (Å²) in [6.07, 6.45) is 0. The van der Waals surface area contributed by atoms with Gasteiger partial charge in [0.1, 0.15) is 0 Å². The van der Waals surface area contributed by atoms with Gasteiger partial charge in [-0.05, 0) is 36.4 Å². The highest BCUT2D eigenvalue weighted by Gasteiger charge is 2.26. The highest BCUT2D eigenvalue weighted by molar-refractivity contribution is 7.89. The second-order valence-electron chi connectivity index (χ2n) is 6.07. The van der Waals surface area contributed by atoms with Gasteiger partial charge in [0.25, 0.3) is 5.91 Å². The van der Waals surface area contributed by atoms with E-state index in [2.05, 4.69) is 5.32 Å². The van der Waals surface area contributed by atoms with Gasteiger partial charge in [-0.1, -0.05) is 6.07 Å². The van der Waals surface area contributed by atoms with E-state index in [1.165, 1.54) is 16.4 Å². The Kier molecular flexibility index (Phi) is 4.73. The number of rotatable bonds is 4. The lowest BCUT2D eigenvalue weighted by molar-refractivity contribution is 0.0730. The SMILES string of the molecule is O=C(Nc1cccc(S(=O)(=O)N2CCOCC2)c1)c1ccc2c(c1)OCO2. The van der Waals surface area contributed by atoms with Gasteiger partial charge in [-0.25, -0.2) is 8.42 Å². The van der Waals surface area contributed by atoms with Crippen LogP contribution in [0.2, 0.25) is 0 Å². The molecule has 0 bridgehead atoms. The molecule has 8 nitrogen and oxygen atoms in total. The first-order chi connectivity index (χ1) is 13.0. The van der Waals surface area contributed by atoms with Gasteiger partial charge in [0.15, 0.2) is 11.5 Å². The Morgan fingerprint density at radius 2 is 1.78 bits per heavy atom. The lowest BCUT2D eigenvalue weighted by atomic mass is 10.2. The van der Waals surface area contributed by atoms with Gasteiger partial charge in [-0.2, -0.15) is 4.31 Å². The van der Waals surface area contributed by atoms with Crippen LogP contribution in [0.1, 0.15) is 10.4 Å². The van der Waals surface area contributed by atoms with Gasteiger partial charge in [-0.3, -0.25) is 4.79 Å². The lowest BCUT2D eigenvalue weighted by Crippen LogP contribution is -2.40. The zero-order chi connectivity index (χ0) is 18.9. The van der Waals surface area contributed by atoms with Crippen LogP contribution < -0.4 is 14.8 Å². The Bertz CT molecular complexity index is 970. The van der Waals surface area contributed by atoms with Gasteiger partial charge in [0.2, 0.25) is 16.8 Å². The van der Waals surface area contributed by atoms with E-state index in [4.69, 9.17) is 14.2 Å². The molecule has 2 aromatic rings. The van der Waals surface area contributed by atoms with Crippen molar-refractivity contribution in [1.82, 2.24) is 4.31 Å². The van der Waals surface area contributed by atoms with Gasteiger partial charge < -0.3 is 19.5 Å². The van der Waals surface area contributed by atoms with Crippen molar-refractivity contribution in [1.29, 1.82) is 0 Å². The second kappa shape index (κ2) is 7.18. The third kappa shape index (κ3) is 3.61. The molecule has 1 amide bonds. The molecule has 4 rings (SSSR count). The van der Waals surface area contributed by atoms with Crippen LogP contribution in [-0.4, -0.2) is 51.7 Å². The molecule has 1 N–H and O–H groups in total. The number of nitrogens with zero attached hydrogens (tertiary/aromatic N) is 1. The Hall–Kier alpha value is -2.62. The van der Waals surface area contributed by atoms with E-state index < -0.39 is 10.0 Å². The fraction of sp³-hybridized carbons (Fsp3) is 0.278.